The first-order valence-corrected chi connectivity index (χ1v) is 12.2. The highest BCUT2D eigenvalue weighted by Crippen LogP contribution is 2.41. The maximum atomic E-state index is 6.42. The van der Waals surface area contributed by atoms with E-state index in [0.717, 1.165) is 16.2 Å². The normalized spacial score (nSPS) is 11.8. The highest BCUT2D eigenvalue weighted by atomic mass is 35.5. The zero-order chi connectivity index (χ0) is 21.9. The summed E-state index contributed by atoms with van der Waals surface area (Å²) in [6, 6.07) is 38.9. The van der Waals surface area contributed by atoms with E-state index >= 15 is 0 Å². The number of para-hydroxylation sites is 1. The van der Waals surface area contributed by atoms with Gasteiger partial charge < -0.3 is 4.57 Å². The van der Waals surface area contributed by atoms with Gasteiger partial charge in [0, 0.05) is 41.7 Å². The summed E-state index contributed by atoms with van der Waals surface area (Å²) in [5, 5.41) is 5.85. The molecule has 2 aromatic heterocycles. The Bertz CT molecular complexity index is 1840. The van der Waals surface area contributed by atoms with Gasteiger partial charge in [0.15, 0.2) is 0 Å². The van der Waals surface area contributed by atoms with Gasteiger partial charge in [-0.25, -0.2) is 0 Å². The van der Waals surface area contributed by atoms with Gasteiger partial charge in [0.25, 0.3) is 0 Å². The summed E-state index contributed by atoms with van der Waals surface area (Å²) in [5.74, 6) is 0. The zero-order valence-corrected chi connectivity index (χ0v) is 19.2. The van der Waals surface area contributed by atoms with E-state index in [4.69, 9.17) is 11.6 Å². The third kappa shape index (κ3) is 2.85. The molecule has 0 aliphatic heterocycles. The second kappa shape index (κ2) is 7.21. The molecule has 0 bridgehead atoms. The average Bonchev–Trinajstić information content (AvgIpc) is 3.39. The van der Waals surface area contributed by atoms with Crippen LogP contribution in [0, 0.1) is 0 Å². The van der Waals surface area contributed by atoms with Crippen LogP contribution >= 0.6 is 22.9 Å². The van der Waals surface area contributed by atoms with Crippen LogP contribution in [0.4, 0.5) is 0 Å². The molecule has 0 aliphatic carbocycles. The molecule has 7 rings (SSSR count). The van der Waals surface area contributed by atoms with Crippen molar-refractivity contribution >= 4 is 64.9 Å². The summed E-state index contributed by atoms with van der Waals surface area (Å²) in [6.07, 6.45) is 0. The molecule has 0 fully saturated rings. The van der Waals surface area contributed by atoms with E-state index in [0.29, 0.717) is 0 Å². The molecule has 0 saturated carbocycles. The fraction of sp³-hybridized carbons (Fsp3) is 0. The Labute approximate surface area is 200 Å². The Hall–Kier alpha value is -3.59. The standard InChI is InChI=1S/C30H18ClNS/c31-20-15-16-24-23-9-1-3-13-27(23)32(28(24)18-20)21-8-5-7-19(17-21)22-11-6-12-26-25-10-2-4-14-29(25)33-30(22)26/h1-18H. The van der Waals surface area contributed by atoms with E-state index in [9.17, 15) is 0 Å². The van der Waals surface area contributed by atoms with Crippen molar-refractivity contribution in [3.63, 3.8) is 0 Å². The van der Waals surface area contributed by atoms with Crippen molar-refractivity contribution in [3.05, 3.63) is 114 Å². The Morgan fingerprint density at radius 3 is 2.27 bits per heavy atom. The number of benzene rings is 5. The van der Waals surface area contributed by atoms with Crippen molar-refractivity contribution in [3.8, 4) is 16.8 Å². The van der Waals surface area contributed by atoms with Crippen molar-refractivity contribution in [1.29, 1.82) is 0 Å². The molecule has 5 aromatic carbocycles. The summed E-state index contributed by atoms with van der Waals surface area (Å²) in [7, 11) is 0. The number of hydrogen-bond acceptors (Lipinski definition) is 1. The zero-order valence-electron chi connectivity index (χ0n) is 17.6. The van der Waals surface area contributed by atoms with Gasteiger partial charge in [-0.15, -0.1) is 11.3 Å². The summed E-state index contributed by atoms with van der Waals surface area (Å²) in [4.78, 5) is 0. The average molecular weight is 460 g/mol. The molecular weight excluding hydrogens is 442 g/mol. The maximum absolute atomic E-state index is 6.42. The molecule has 1 nitrogen and oxygen atoms in total. The predicted molar refractivity (Wildman–Crippen MR) is 144 cm³/mol. The fourth-order valence-corrected chi connectivity index (χ4v) is 6.41. The second-order valence-corrected chi connectivity index (χ2v) is 9.83. The van der Waals surface area contributed by atoms with Gasteiger partial charge in [0.1, 0.15) is 0 Å². The number of nitrogens with zero attached hydrogens (tertiary/aromatic N) is 1. The van der Waals surface area contributed by atoms with Crippen molar-refractivity contribution < 1.29 is 0 Å². The molecule has 0 N–H and O–H groups in total. The number of aromatic nitrogens is 1. The number of fused-ring (bicyclic) bond motifs is 6. The lowest BCUT2D eigenvalue weighted by Crippen LogP contribution is -1.94. The number of halogens is 1. The summed E-state index contributed by atoms with van der Waals surface area (Å²) < 4.78 is 4.99. The minimum atomic E-state index is 0.748. The quantitative estimate of drug-likeness (QED) is 0.242. The largest absolute Gasteiger partial charge is 0.309 e. The second-order valence-electron chi connectivity index (χ2n) is 8.34. The van der Waals surface area contributed by atoms with E-state index in [-0.39, 0.29) is 0 Å². The van der Waals surface area contributed by atoms with Gasteiger partial charge in [0.2, 0.25) is 0 Å². The first-order valence-electron chi connectivity index (χ1n) is 11.0. The van der Waals surface area contributed by atoms with E-state index in [1.165, 1.54) is 47.6 Å². The van der Waals surface area contributed by atoms with Crippen LogP contribution < -0.4 is 0 Å². The molecule has 0 spiro atoms. The van der Waals surface area contributed by atoms with Crippen molar-refractivity contribution in [2.75, 3.05) is 0 Å². The molecule has 2 heterocycles. The van der Waals surface area contributed by atoms with E-state index in [1.807, 2.05) is 17.4 Å². The topological polar surface area (TPSA) is 4.93 Å². The third-order valence-corrected chi connectivity index (χ3v) is 7.91. The molecule has 3 heteroatoms. The minimum absolute atomic E-state index is 0.748. The SMILES string of the molecule is Clc1ccc2c3ccccc3n(-c3cccc(-c4cccc5c4sc4ccccc45)c3)c2c1. The molecule has 0 atom stereocenters. The lowest BCUT2D eigenvalue weighted by atomic mass is 10.0. The van der Waals surface area contributed by atoms with Crippen LogP contribution in [0.2, 0.25) is 5.02 Å². The van der Waals surface area contributed by atoms with Crippen molar-refractivity contribution in [1.82, 2.24) is 4.57 Å². The third-order valence-electron chi connectivity index (χ3n) is 6.46. The van der Waals surface area contributed by atoms with E-state index < -0.39 is 0 Å². The predicted octanol–water partition coefficient (Wildman–Crippen LogP) is 9.47. The number of hydrogen-bond donors (Lipinski definition) is 0. The monoisotopic (exact) mass is 459 g/mol. The summed E-state index contributed by atoms with van der Waals surface area (Å²) in [5.41, 5.74) is 5.94. The lowest BCUT2D eigenvalue weighted by molar-refractivity contribution is 1.18. The Balaban J connectivity index is 1.51. The van der Waals surface area contributed by atoms with Gasteiger partial charge >= 0.3 is 0 Å². The highest BCUT2D eigenvalue weighted by molar-refractivity contribution is 7.26. The first kappa shape index (κ1) is 18.9. The van der Waals surface area contributed by atoms with Gasteiger partial charge in [-0.2, -0.15) is 0 Å². The lowest BCUT2D eigenvalue weighted by Gasteiger charge is -2.11. The molecule has 0 saturated heterocycles. The van der Waals surface area contributed by atoms with Gasteiger partial charge in [0.05, 0.1) is 11.0 Å². The Kier molecular flexibility index (Phi) is 4.14. The first-order chi connectivity index (χ1) is 16.3. The molecule has 0 radical (unpaired) electrons. The molecule has 0 aliphatic rings. The van der Waals surface area contributed by atoms with Gasteiger partial charge in [-0.1, -0.05) is 84.4 Å². The van der Waals surface area contributed by atoms with Crippen LogP contribution in [-0.4, -0.2) is 4.57 Å². The van der Waals surface area contributed by atoms with Crippen LogP contribution in [-0.2, 0) is 0 Å². The number of rotatable bonds is 2. The fourth-order valence-electron chi connectivity index (χ4n) is 5.01. The van der Waals surface area contributed by atoms with Crippen LogP contribution in [0.3, 0.4) is 0 Å². The summed E-state index contributed by atoms with van der Waals surface area (Å²) >= 11 is 8.29. The van der Waals surface area contributed by atoms with Gasteiger partial charge in [-0.05, 0) is 47.5 Å². The Morgan fingerprint density at radius 1 is 0.576 bits per heavy atom. The maximum Gasteiger partial charge on any atom is 0.0555 e. The summed E-state index contributed by atoms with van der Waals surface area (Å²) in [6.45, 7) is 0. The molecule has 7 aromatic rings. The van der Waals surface area contributed by atoms with Crippen LogP contribution in [0.5, 0.6) is 0 Å². The highest BCUT2D eigenvalue weighted by Gasteiger charge is 2.14. The van der Waals surface area contributed by atoms with Crippen LogP contribution in [0.15, 0.2) is 109 Å². The van der Waals surface area contributed by atoms with Crippen molar-refractivity contribution in [2.24, 2.45) is 0 Å². The minimum Gasteiger partial charge on any atom is -0.309 e. The smallest absolute Gasteiger partial charge is 0.0555 e. The molecular formula is C30H18ClNS. The van der Waals surface area contributed by atoms with Crippen LogP contribution in [0.25, 0.3) is 58.8 Å². The Morgan fingerprint density at radius 2 is 1.33 bits per heavy atom. The van der Waals surface area contributed by atoms with Crippen molar-refractivity contribution in [2.45, 2.75) is 0 Å². The van der Waals surface area contributed by atoms with E-state index in [2.05, 4.69) is 108 Å². The molecule has 0 unspecified atom stereocenters. The van der Waals surface area contributed by atoms with Crippen LogP contribution in [0.1, 0.15) is 0 Å². The molecule has 0 amide bonds. The molecule has 33 heavy (non-hydrogen) atoms. The van der Waals surface area contributed by atoms with E-state index in [1.54, 1.807) is 0 Å². The number of thiophene rings is 1. The molecule has 156 valence electrons. The van der Waals surface area contributed by atoms with Gasteiger partial charge in [-0.3, -0.25) is 0 Å².